The zero-order chi connectivity index (χ0) is 10.3. The average Bonchev–Trinajstić information content (AvgIpc) is 2.97. The van der Waals surface area contributed by atoms with Crippen LogP contribution in [0.15, 0.2) is 12.4 Å². The largest absolute Gasteiger partial charge is 0.392 e. The topological polar surface area (TPSA) is 76.2 Å². The molecular formula is C9H11N5O. The summed E-state index contributed by atoms with van der Waals surface area (Å²) in [6.07, 6.45) is 5.84. The molecule has 1 saturated carbocycles. The molecule has 2 heterocycles. The summed E-state index contributed by atoms with van der Waals surface area (Å²) in [4.78, 5) is 4.04. The Morgan fingerprint density at radius 1 is 1.47 bits per heavy atom. The fourth-order valence-electron chi connectivity index (χ4n) is 1.72. The number of hydrogen-bond acceptors (Lipinski definition) is 5. The Kier molecular flexibility index (Phi) is 1.88. The Morgan fingerprint density at radius 2 is 2.33 bits per heavy atom. The van der Waals surface area contributed by atoms with Crippen LogP contribution < -0.4 is 0 Å². The predicted molar refractivity (Wildman–Crippen MR) is 51.0 cm³/mol. The van der Waals surface area contributed by atoms with E-state index < -0.39 is 0 Å². The van der Waals surface area contributed by atoms with Crippen LogP contribution in [0.5, 0.6) is 0 Å². The molecule has 0 spiro atoms. The van der Waals surface area contributed by atoms with Gasteiger partial charge < -0.3 is 5.11 Å². The van der Waals surface area contributed by atoms with Gasteiger partial charge in [0.05, 0.1) is 18.0 Å². The van der Waals surface area contributed by atoms with E-state index in [-0.39, 0.29) is 6.10 Å². The number of tetrazole rings is 1. The molecule has 1 aliphatic carbocycles. The lowest BCUT2D eigenvalue weighted by atomic mass is 10.1. The summed E-state index contributed by atoms with van der Waals surface area (Å²) in [7, 11) is 0. The summed E-state index contributed by atoms with van der Waals surface area (Å²) in [5.74, 6) is 0.455. The van der Waals surface area contributed by atoms with E-state index in [1.807, 2.05) is 0 Å². The first-order chi connectivity index (χ1) is 7.34. The number of hydrogen-bond donors (Lipinski definition) is 1. The Morgan fingerprint density at radius 3 is 3.13 bits per heavy atom. The van der Waals surface area contributed by atoms with Crippen molar-refractivity contribution >= 4 is 5.65 Å². The summed E-state index contributed by atoms with van der Waals surface area (Å²) < 4.78 is 1.62. The lowest BCUT2D eigenvalue weighted by Gasteiger charge is -2.08. The average molecular weight is 205 g/mol. The molecule has 0 radical (unpaired) electrons. The van der Waals surface area contributed by atoms with Gasteiger partial charge in [-0.2, -0.15) is 4.52 Å². The van der Waals surface area contributed by atoms with Gasteiger partial charge in [-0.05, 0) is 29.2 Å². The summed E-state index contributed by atoms with van der Waals surface area (Å²) in [6, 6.07) is 0. The van der Waals surface area contributed by atoms with Crippen LogP contribution in [0.4, 0.5) is 0 Å². The first-order valence-electron chi connectivity index (χ1n) is 5.03. The van der Waals surface area contributed by atoms with E-state index in [1.165, 1.54) is 0 Å². The van der Waals surface area contributed by atoms with E-state index >= 15 is 0 Å². The molecule has 15 heavy (non-hydrogen) atoms. The standard InChI is InChI=1S/C9H11N5O/c15-8(6-1-2-6)3-7-4-10-5-9-11-12-13-14(7)9/h4-6,8,15H,1-3H2. The molecule has 2 aromatic heterocycles. The van der Waals surface area contributed by atoms with Gasteiger partial charge in [0.25, 0.3) is 0 Å². The number of aliphatic hydroxyl groups excluding tert-OH is 1. The van der Waals surface area contributed by atoms with Crippen molar-refractivity contribution < 1.29 is 5.11 Å². The molecule has 1 atom stereocenters. The van der Waals surface area contributed by atoms with Crippen molar-refractivity contribution in [2.24, 2.45) is 5.92 Å². The predicted octanol–water partition coefficient (Wildman–Crippen LogP) is -0.167. The number of nitrogens with zero attached hydrogens (tertiary/aromatic N) is 5. The molecule has 78 valence electrons. The van der Waals surface area contributed by atoms with Gasteiger partial charge in [0.1, 0.15) is 0 Å². The van der Waals surface area contributed by atoms with Crippen LogP contribution in [-0.2, 0) is 6.42 Å². The maximum Gasteiger partial charge on any atom is 0.197 e. The smallest absolute Gasteiger partial charge is 0.197 e. The van der Waals surface area contributed by atoms with Crippen molar-refractivity contribution in [3.63, 3.8) is 0 Å². The zero-order valence-corrected chi connectivity index (χ0v) is 8.11. The SMILES string of the molecule is OC(Cc1cncc2nnnn12)C1CC1. The molecular weight excluding hydrogens is 194 g/mol. The molecule has 1 aliphatic rings. The number of aliphatic hydroxyl groups is 1. The number of rotatable bonds is 3. The molecule has 3 rings (SSSR count). The number of aromatic nitrogens is 5. The van der Waals surface area contributed by atoms with E-state index in [9.17, 15) is 5.11 Å². The lowest BCUT2D eigenvalue weighted by Crippen LogP contribution is -2.15. The van der Waals surface area contributed by atoms with Gasteiger partial charge in [-0.3, -0.25) is 4.98 Å². The fourth-order valence-corrected chi connectivity index (χ4v) is 1.72. The van der Waals surface area contributed by atoms with Crippen LogP contribution in [0.1, 0.15) is 18.5 Å². The van der Waals surface area contributed by atoms with E-state index in [0.717, 1.165) is 18.5 Å². The van der Waals surface area contributed by atoms with Crippen molar-refractivity contribution in [3.05, 3.63) is 18.1 Å². The molecule has 6 heteroatoms. The Labute approximate surface area is 85.9 Å². The fraction of sp³-hybridized carbons (Fsp3) is 0.556. The Bertz CT molecular complexity index is 478. The molecule has 0 bridgehead atoms. The Hall–Kier alpha value is -1.56. The maximum atomic E-state index is 9.83. The van der Waals surface area contributed by atoms with Crippen LogP contribution in [0.25, 0.3) is 5.65 Å². The highest BCUT2D eigenvalue weighted by atomic mass is 16.3. The van der Waals surface area contributed by atoms with Gasteiger partial charge >= 0.3 is 0 Å². The Balaban J connectivity index is 1.92. The van der Waals surface area contributed by atoms with Crippen LogP contribution in [0.2, 0.25) is 0 Å². The summed E-state index contributed by atoms with van der Waals surface area (Å²) in [6.45, 7) is 0. The van der Waals surface area contributed by atoms with Crippen molar-refractivity contribution in [3.8, 4) is 0 Å². The van der Waals surface area contributed by atoms with Crippen LogP contribution in [-0.4, -0.2) is 36.2 Å². The van der Waals surface area contributed by atoms with Gasteiger partial charge in [-0.25, -0.2) is 0 Å². The van der Waals surface area contributed by atoms with Crippen LogP contribution >= 0.6 is 0 Å². The molecule has 1 N–H and O–H groups in total. The van der Waals surface area contributed by atoms with Gasteiger partial charge in [0.2, 0.25) is 0 Å². The monoisotopic (exact) mass is 205 g/mol. The normalized spacial score (nSPS) is 18.2. The van der Waals surface area contributed by atoms with Gasteiger partial charge in [-0.15, -0.1) is 5.10 Å². The molecule has 6 nitrogen and oxygen atoms in total. The number of fused-ring (bicyclic) bond motifs is 1. The van der Waals surface area contributed by atoms with E-state index in [4.69, 9.17) is 0 Å². The highest BCUT2D eigenvalue weighted by Gasteiger charge is 2.30. The highest BCUT2D eigenvalue weighted by Crippen LogP contribution is 2.33. The summed E-state index contributed by atoms with van der Waals surface area (Å²) in [5.41, 5.74) is 1.48. The minimum absolute atomic E-state index is 0.290. The second-order valence-corrected chi connectivity index (χ2v) is 3.96. The van der Waals surface area contributed by atoms with Crippen LogP contribution in [0.3, 0.4) is 0 Å². The molecule has 0 aliphatic heterocycles. The summed E-state index contributed by atoms with van der Waals surface area (Å²) >= 11 is 0. The van der Waals surface area contributed by atoms with Crippen molar-refractivity contribution in [2.45, 2.75) is 25.4 Å². The van der Waals surface area contributed by atoms with Crippen LogP contribution in [0, 0.1) is 5.92 Å². The molecule has 1 fully saturated rings. The van der Waals surface area contributed by atoms with Gasteiger partial charge in [0, 0.05) is 12.6 Å². The lowest BCUT2D eigenvalue weighted by molar-refractivity contribution is 0.149. The van der Waals surface area contributed by atoms with Gasteiger partial charge in [-0.1, -0.05) is 0 Å². The van der Waals surface area contributed by atoms with Crippen molar-refractivity contribution in [2.75, 3.05) is 0 Å². The molecule has 0 aromatic carbocycles. The molecule has 0 saturated heterocycles. The molecule has 2 aromatic rings. The summed E-state index contributed by atoms with van der Waals surface area (Å²) in [5, 5.41) is 21.1. The first-order valence-corrected chi connectivity index (χ1v) is 5.03. The quantitative estimate of drug-likeness (QED) is 0.753. The maximum absolute atomic E-state index is 9.83. The first kappa shape index (κ1) is 8.72. The minimum atomic E-state index is -0.290. The zero-order valence-electron chi connectivity index (χ0n) is 8.11. The minimum Gasteiger partial charge on any atom is -0.392 e. The third kappa shape index (κ3) is 1.56. The van der Waals surface area contributed by atoms with Crippen molar-refractivity contribution in [1.82, 2.24) is 25.0 Å². The molecule has 1 unspecified atom stereocenters. The van der Waals surface area contributed by atoms with Crippen molar-refractivity contribution in [1.29, 1.82) is 0 Å². The third-order valence-corrected chi connectivity index (χ3v) is 2.76. The third-order valence-electron chi connectivity index (χ3n) is 2.76. The van der Waals surface area contributed by atoms with E-state index in [1.54, 1.807) is 16.9 Å². The van der Waals surface area contributed by atoms with Gasteiger partial charge in [0.15, 0.2) is 5.65 Å². The molecule has 0 amide bonds. The highest BCUT2D eigenvalue weighted by molar-refractivity contribution is 5.32. The second-order valence-electron chi connectivity index (χ2n) is 3.96. The van der Waals surface area contributed by atoms with E-state index in [0.29, 0.717) is 18.0 Å². The second kappa shape index (κ2) is 3.23. The van der Waals surface area contributed by atoms with E-state index in [2.05, 4.69) is 20.5 Å².